The predicted octanol–water partition coefficient (Wildman–Crippen LogP) is 2.97. The topological polar surface area (TPSA) is 61.4 Å². The first-order chi connectivity index (χ1) is 11.0. The first kappa shape index (κ1) is 16.1. The Kier molecular flexibility index (Phi) is 4.49. The lowest BCUT2D eigenvalue weighted by molar-refractivity contribution is 0.601. The quantitative estimate of drug-likeness (QED) is 0.717. The van der Waals surface area contributed by atoms with E-state index in [1.165, 1.54) is 0 Å². The van der Waals surface area contributed by atoms with Gasteiger partial charge >= 0.3 is 0 Å². The average molecular weight is 441 g/mol. The molecule has 1 fully saturated rings. The number of halogens is 1. The zero-order chi connectivity index (χ0) is 16.4. The molecule has 0 radical (unpaired) electrons. The standard InChI is InChI=1S/C16H16IN3O2S/c1-12-18-10-11-20(12)15-6-8-16(9-7-15)23(21,22)19-14-4-2-13(17)3-5-14/h2-9,18-19H,1,10-11H2. The van der Waals surface area contributed by atoms with Crippen LogP contribution < -0.4 is 14.9 Å². The Morgan fingerprint density at radius 3 is 2.30 bits per heavy atom. The number of sulfonamides is 1. The van der Waals surface area contributed by atoms with Crippen LogP contribution in [-0.4, -0.2) is 21.5 Å². The van der Waals surface area contributed by atoms with E-state index in [4.69, 9.17) is 0 Å². The molecule has 0 spiro atoms. The summed E-state index contributed by atoms with van der Waals surface area (Å²) in [7, 11) is -3.59. The molecule has 3 rings (SSSR count). The summed E-state index contributed by atoms with van der Waals surface area (Å²) in [6, 6.07) is 14.0. The fraction of sp³-hybridized carbons (Fsp3) is 0.125. The smallest absolute Gasteiger partial charge is 0.261 e. The van der Waals surface area contributed by atoms with Gasteiger partial charge in [0.05, 0.1) is 10.7 Å². The van der Waals surface area contributed by atoms with Gasteiger partial charge in [-0.2, -0.15) is 0 Å². The summed E-state index contributed by atoms with van der Waals surface area (Å²) in [4.78, 5) is 2.25. The summed E-state index contributed by atoms with van der Waals surface area (Å²) >= 11 is 2.17. The second-order valence-electron chi connectivity index (χ2n) is 5.13. The molecule has 5 nitrogen and oxygen atoms in total. The minimum Gasteiger partial charge on any atom is -0.370 e. The average Bonchev–Trinajstić information content (AvgIpc) is 2.96. The molecule has 23 heavy (non-hydrogen) atoms. The molecule has 0 aromatic heterocycles. The molecule has 2 aromatic carbocycles. The lowest BCUT2D eigenvalue weighted by atomic mass is 10.3. The number of anilines is 2. The second-order valence-corrected chi connectivity index (χ2v) is 8.06. The normalized spacial score (nSPS) is 14.7. The lowest BCUT2D eigenvalue weighted by Crippen LogP contribution is -2.18. The maximum Gasteiger partial charge on any atom is 0.261 e. The molecule has 0 aliphatic carbocycles. The SMILES string of the molecule is C=C1NCCN1c1ccc(S(=O)(=O)Nc2ccc(I)cc2)cc1. The third-order valence-corrected chi connectivity index (χ3v) is 5.66. The Morgan fingerprint density at radius 2 is 1.74 bits per heavy atom. The third-order valence-electron chi connectivity index (χ3n) is 3.55. The van der Waals surface area contributed by atoms with Crippen LogP contribution in [0.5, 0.6) is 0 Å². The number of hydrogen-bond donors (Lipinski definition) is 2. The van der Waals surface area contributed by atoms with Gasteiger partial charge in [0.15, 0.2) is 0 Å². The zero-order valence-corrected chi connectivity index (χ0v) is 15.3. The first-order valence-electron chi connectivity index (χ1n) is 7.04. The zero-order valence-electron chi connectivity index (χ0n) is 12.3. The van der Waals surface area contributed by atoms with Gasteiger partial charge in [0.2, 0.25) is 0 Å². The van der Waals surface area contributed by atoms with E-state index in [9.17, 15) is 8.42 Å². The summed E-state index contributed by atoms with van der Waals surface area (Å²) in [6.45, 7) is 5.60. The summed E-state index contributed by atoms with van der Waals surface area (Å²) in [6.07, 6.45) is 0. The Bertz CT molecular complexity index is 817. The van der Waals surface area contributed by atoms with Crippen molar-refractivity contribution in [1.29, 1.82) is 0 Å². The molecule has 0 atom stereocenters. The minimum atomic E-state index is -3.59. The highest BCUT2D eigenvalue weighted by atomic mass is 127. The monoisotopic (exact) mass is 441 g/mol. The van der Waals surface area contributed by atoms with Crippen LogP contribution in [0.2, 0.25) is 0 Å². The summed E-state index contributed by atoms with van der Waals surface area (Å²) in [5, 5.41) is 3.15. The Hall–Kier alpha value is -1.74. The molecule has 0 unspecified atom stereocenters. The molecule has 1 saturated heterocycles. The van der Waals surface area contributed by atoms with Crippen molar-refractivity contribution in [1.82, 2.24) is 5.32 Å². The minimum absolute atomic E-state index is 0.234. The van der Waals surface area contributed by atoms with Gasteiger partial charge in [0.25, 0.3) is 10.0 Å². The predicted molar refractivity (Wildman–Crippen MR) is 101 cm³/mol. The van der Waals surface area contributed by atoms with Crippen LogP contribution >= 0.6 is 22.6 Å². The van der Waals surface area contributed by atoms with Crippen LogP contribution in [0.1, 0.15) is 0 Å². The molecular formula is C16H16IN3O2S. The number of benzene rings is 2. The highest BCUT2D eigenvalue weighted by molar-refractivity contribution is 14.1. The molecule has 1 aliphatic rings. The Labute approximate surface area is 149 Å². The third kappa shape index (κ3) is 3.61. The van der Waals surface area contributed by atoms with Gasteiger partial charge < -0.3 is 10.2 Å². The van der Waals surface area contributed by atoms with Gasteiger partial charge in [0.1, 0.15) is 0 Å². The van der Waals surface area contributed by atoms with Crippen molar-refractivity contribution >= 4 is 44.0 Å². The Morgan fingerprint density at radius 1 is 1.09 bits per heavy atom. The first-order valence-corrected chi connectivity index (χ1v) is 9.61. The number of rotatable bonds is 4. The van der Waals surface area contributed by atoms with Crippen LogP contribution in [0, 0.1) is 3.57 Å². The summed E-state index contributed by atoms with van der Waals surface area (Å²) in [5.74, 6) is 0.831. The molecule has 7 heteroatoms. The van der Waals surface area contributed by atoms with Crippen LogP contribution in [0.25, 0.3) is 0 Å². The molecule has 0 amide bonds. The summed E-state index contributed by atoms with van der Waals surface area (Å²) < 4.78 is 28.5. The van der Waals surface area contributed by atoms with E-state index in [1.54, 1.807) is 36.4 Å². The molecule has 0 saturated carbocycles. The van der Waals surface area contributed by atoms with Crippen LogP contribution in [0.3, 0.4) is 0 Å². The molecule has 0 bridgehead atoms. The van der Waals surface area contributed by atoms with Gasteiger partial charge in [0, 0.05) is 28.0 Å². The van der Waals surface area contributed by atoms with Crippen molar-refractivity contribution in [3.63, 3.8) is 0 Å². The number of hydrogen-bond acceptors (Lipinski definition) is 4. The molecule has 120 valence electrons. The van der Waals surface area contributed by atoms with Crippen LogP contribution in [0.4, 0.5) is 11.4 Å². The van der Waals surface area contributed by atoms with E-state index < -0.39 is 10.0 Å². The lowest BCUT2D eigenvalue weighted by Gasteiger charge is -2.18. The van der Waals surface area contributed by atoms with Crippen molar-refractivity contribution in [3.8, 4) is 0 Å². The molecule has 2 aromatic rings. The van der Waals surface area contributed by atoms with E-state index in [-0.39, 0.29) is 4.90 Å². The van der Waals surface area contributed by atoms with Gasteiger partial charge in [-0.05, 0) is 71.1 Å². The van der Waals surface area contributed by atoms with Crippen molar-refractivity contribution in [2.45, 2.75) is 4.90 Å². The van der Waals surface area contributed by atoms with Gasteiger partial charge in [-0.3, -0.25) is 4.72 Å². The second kappa shape index (κ2) is 6.40. The van der Waals surface area contributed by atoms with Crippen LogP contribution in [0.15, 0.2) is 65.8 Å². The molecule has 1 heterocycles. The maximum atomic E-state index is 12.4. The largest absolute Gasteiger partial charge is 0.370 e. The van der Waals surface area contributed by atoms with Gasteiger partial charge in [-0.25, -0.2) is 8.42 Å². The van der Waals surface area contributed by atoms with Crippen molar-refractivity contribution in [3.05, 3.63) is 64.5 Å². The van der Waals surface area contributed by atoms with E-state index >= 15 is 0 Å². The van der Waals surface area contributed by atoms with Crippen molar-refractivity contribution in [2.24, 2.45) is 0 Å². The molecular weight excluding hydrogens is 425 g/mol. The van der Waals surface area contributed by atoms with Crippen molar-refractivity contribution < 1.29 is 8.42 Å². The van der Waals surface area contributed by atoms with Crippen molar-refractivity contribution in [2.75, 3.05) is 22.7 Å². The maximum absolute atomic E-state index is 12.4. The van der Waals surface area contributed by atoms with Gasteiger partial charge in [-0.1, -0.05) is 6.58 Å². The molecule has 1 aliphatic heterocycles. The molecule has 2 N–H and O–H groups in total. The van der Waals surface area contributed by atoms with Crippen LogP contribution in [-0.2, 0) is 10.0 Å². The Balaban J connectivity index is 1.80. The fourth-order valence-corrected chi connectivity index (χ4v) is 3.78. The number of nitrogens with one attached hydrogen (secondary N) is 2. The number of nitrogens with zero attached hydrogens (tertiary/aromatic N) is 1. The fourth-order valence-electron chi connectivity index (χ4n) is 2.36. The van der Waals surface area contributed by atoms with Gasteiger partial charge in [-0.15, -0.1) is 0 Å². The van der Waals surface area contributed by atoms with E-state index in [0.29, 0.717) is 5.69 Å². The van der Waals surface area contributed by atoms with E-state index in [0.717, 1.165) is 28.2 Å². The highest BCUT2D eigenvalue weighted by Crippen LogP contribution is 2.23. The van der Waals surface area contributed by atoms with E-state index in [1.807, 2.05) is 17.0 Å². The highest BCUT2D eigenvalue weighted by Gasteiger charge is 2.18. The summed E-state index contributed by atoms with van der Waals surface area (Å²) in [5.41, 5.74) is 1.47. The van der Waals surface area contributed by atoms with E-state index in [2.05, 4.69) is 39.2 Å².